The van der Waals surface area contributed by atoms with E-state index in [1.807, 2.05) is 20.8 Å². The Kier molecular flexibility index (Phi) is 10.5. The van der Waals surface area contributed by atoms with E-state index >= 15 is 0 Å². The lowest BCUT2D eigenvalue weighted by Gasteiger charge is -2.35. The van der Waals surface area contributed by atoms with Crippen LogP contribution in [0.5, 0.6) is 5.75 Å². The van der Waals surface area contributed by atoms with Gasteiger partial charge in [-0.1, -0.05) is 6.42 Å². The van der Waals surface area contributed by atoms with Crippen LogP contribution < -0.4 is 15.4 Å². The third-order valence-electron chi connectivity index (χ3n) is 8.38. The molecule has 12 heteroatoms. The van der Waals surface area contributed by atoms with E-state index in [9.17, 15) is 22.8 Å². The Morgan fingerprint density at radius 2 is 1.88 bits per heavy atom. The van der Waals surface area contributed by atoms with Crippen molar-refractivity contribution in [1.29, 1.82) is 0 Å². The molecule has 2 aliphatic rings. The highest BCUT2D eigenvalue weighted by Gasteiger charge is 2.39. The van der Waals surface area contributed by atoms with E-state index in [1.165, 1.54) is 0 Å². The first-order chi connectivity index (χ1) is 20.4. The van der Waals surface area contributed by atoms with E-state index in [2.05, 4.69) is 32.5 Å². The zero-order valence-corrected chi connectivity index (χ0v) is 25.6. The van der Waals surface area contributed by atoms with E-state index in [0.717, 1.165) is 38.5 Å². The molecule has 1 aliphatic carbocycles. The fourth-order valence-electron chi connectivity index (χ4n) is 6.05. The van der Waals surface area contributed by atoms with Gasteiger partial charge < -0.3 is 25.2 Å². The molecule has 1 saturated carbocycles. The Balaban J connectivity index is 1.56. The summed E-state index contributed by atoms with van der Waals surface area (Å²) in [5, 5.41) is 5.89. The van der Waals surface area contributed by atoms with Gasteiger partial charge in [-0.3, -0.25) is 9.59 Å². The third-order valence-corrected chi connectivity index (χ3v) is 8.38. The molecular weight excluding hydrogens is 561 g/mol. The van der Waals surface area contributed by atoms with Crippen molar-refractivity contribution in [3.8, 4) is 5.75 Å². The molecule has 2 N–H and O–H groups in total. The van der Waals surface area contributed by atoms with E-state index in [0.29, 0.717) is 36.4 Å². The number of hydrogen-bond donors (Lipinski definition) is 2. The molecule has 43 heavy (non-hydrogen) atoms. The van der Waals surface area contributed by atoms with Crippen LogP contribution in [0.25, 0.3) is 0 Å². The summed E-state index contributed by atoms with van der Waals surface area (Å²) in [6.45, 7) is 7.71. The average Bonchev–Trinajstić information content (AvgIpc) is 3.40. The normalized spacial score (nSPS) is 19.8. The lowest BCUT2D eigenvalue weighted by molar-refractivity contribution is -0.138. The number of nitrogens with one attached hydrogen (secondary N) is 2. The Morgan fingerprint density at radius 3 is 2.53 bits per heavy atom. The number of amides is 2. The Morgan fingerprint density at radius 1 is 1.16 bits per heavy atom. The summed E-state index contributed by atoms with van der Waals surface area (Å²) in [6, 6.07) is 5.05. The van der Waals surface area contributed by atoms with Crippen LogP contribution in [0, 0.1) is 11.8 Å². The molecule has 0 spiro atoms. The highest BCUT2D eigenvalue weighted by Crippen LogP contribution is 2.38. The number of halogens is 3. The predicted molar refractivity (Wildman–Crippen MR) is 158 cm³/mol. The standard InChI is InChI=1S/C31H43F3N6O3/c1-6-43-27-17-21(10-11-24(27)29(42)40(5)22-12-14-39(4)15-13-22)37-30-35-18-25(31(32,33)34)26(38-30)16-20-8-7-9-23(20)28(41)36-19(2)3/h10-11,17-20,22-23H,6-9,12-16H2,1-5H3,(H,36,41)(H,35,37,38)/t20-,23-/m0/s1. The SMILES string of the molecule is CCOc1cc(Nc2ncc(C(F)(F)F)c(C[C@@H]3CCC[C@@H]3C(=O)NC(C)C)n2)ccc1C(=O)N(C)C1CCN(C)CC1. The molecule has 236 valence electrons. The van der Waals surface area contributed by atoms with E-state index < -0.39 is 11.7 Å². The quantitative estimate of drug-likeness (QED) is 0.380. The second kappa shape index (κ2) is 13.9. The van der Waals surface area contributed by atoms with Crippen LogP contribution in [-0.4, -0.2) is 77.5 Å². The van der Waals surface area contributed by atoms with Gasteiger partial charge in [0.05, 0.1) is 23.4 Å². The molecule has 2 atom stereocenters. The first kappa shape index (κ1) is 32.5. The number of piperidine rings is 1. The molecule has 0 bridgehead atoms. The van der Waals surface area contributed by atoms with Crippen LogP contribution >= 0.6 is 0 Å². The smallest absolute Gasteiger partial charge is 0.419 e. The van der Waals surface area contributed by atoms with Crippen LogP contribution in [0.2, 0.25) is 0 Å². The zero-order valence-electron chi connectivity index (χ0n) is 25.6. The number of hydrogen-bond acceptors (Lipinski definition) is 7. The number of carbonyl (C=O) groups is 2. The van der Waals surface area contributed by atoms with Crippen LogP contribution in [-0.2, 0) is 17.4 Å². The van der Waals surface area contributed by atoms with Crippen LogP contribution in [0.3, 0.4) is 0 Å². The molecular formula is C31H43F3N6O3. The van der Waals surface area contributed by atoms with Gasteiger partial charge in [0, 0.05) is 43.0 Å². The van der Waals surface area contributed by atoms with Crippen molar-refractivity contribution in [2.45, 2.75) is 77.6 Å². The topological polar surface area (TPSA) is 99.7 Å². The van der Waals surface area contributed by atoms with E-state index in [-0.39, 0.29) is 53.8 Å². The highest BCUT2D eigenvalue weighted by atomic mass is 19.4. The molecule has 1 aliphatic heterocycles. The summed E-state index contributed by atoms with van der Waals surface area (Å²) in [6.07, 6.45) is 0.0188. The Labute approximate surface area is 251 Å². The van der Waals surface area contributed by atoms with Gasteiger partial charge in [0.2, 0.25) is 11.9 Å². The first-order valence-corrected chi connectivity index (χ1v) is 15.1. The number of likely N-dealkylation sites (tertiary alicyclic amines) is 1. The molecule has 1 saturated heterocycles. The molecule has 2 amide bonds. The summed E-state index contributed by atoms with van der Waals surface area (Å²) in [5.41, 5.74) is -0.158. The number of aromatic nitrogens is 2. The van der Waals surface area contributed by atoms with Gasteiger partial charge >= 0.3 is 6.18 Å². The predicted octanol–water partition coefficient (Wildman–Crippen LogP) is 5.29. The molecule has 4 rings (SSSR count). The third kappa shape index (κ3) is 8.16. The second-order valence-electron chi connectivity index (χ2n) is 11.9. The Bertz CT molecular complexity index is 1280. The number of rotatable bonds is 10. The van der Waals surface area contributed by atoms with Gasteiger partial charge in [0.15, 0.2) is 0 Å². The molecule has 9 nitrogen and oxygen atoms in total. The van der Waals surface area contributed by atoms with E-state index in [1.54, 1.807) is 30.1 Å². The lowest BCUT2D eigenvalue weighted by atomic mass is 9.89. The number of ether oxygens (including phenoxy) is 1. The van der Waals surface area contributed by atoms with Gasteiger partial charge in [-0.25, -0.2) is 9.97 Å². The second-order valence-corrected chi connectivity index (χ2v) is 11.9. The maximum atomic E-state index is 14.0. The lowest BCUT2D eigenvalue weighted by Crippen LogP contribution is -2.44. The summed E-state index contributed by atoms with van der Waals surface area (Å²) < 4.78 is 47.7. The van der Waals surface area contributed by atoms with Crippen molar-refractivity contribution in [3.05, 3.63) is 41.2 Å². The first-order valence-electron chi connectivity index (χ1n) is 15.1. The summed E-state index contributed by atoms with van der Waals surface area (Å²) in [7, 11) is 3.87. The number of alkyl halides is 3. The number of nitrogens with zero attached hydrogens (tertiary/aromatic N) is 4. The maximum absolute atomic E-state index is 14.0. The minimum absolute atomic E-state index is 0.00542. The minimum Gasteiger partial charge on any atom is -0.493 e. The monoisotopic (exact) mass is 604 g/mol. The number of anilines is 2. The van der Waals surface area contributed by atoms with Crippen molar-refractivity contribution in [2.75, 3.05) is 39.1 Å². The van der Waals surface area contributed by atoms with Crippen LogP contribution in [0.15, 0.2) is 24.4 Å². The summed E-state index contributed by atoms with van der Waals surface area (Å²) in [5.74, 6) is -0.521. The van der Waals surface area contributed by atoms with Crippen LogP contribution in [0.4, 0.5) is 24.8 Å². The number of benzene rings is 1. The van der Waals surface area contributed by atoms with Gasteiger partial charge in [0.1, 0.15) is 5.75 Å². The largest absolute Gasteiger partial charge is 0.493 e. The molecule has 1 aromatic heterocycles. The fraction of sp³-hybridized carbons (Fsp3) is 0.613. The van der Waals surface area contributed by atoms with Crippen molar-refractivity contribution >= 4 is 23.5 Å². The molecule has 0 radical (unpaired) electrons. The minimum atomic E-state index is -4.63. The molecule has 0 unspecified atom stereocenters. The van der Waals surface area contributed by atoms with Gasteiger partial charge in [0.25, 0.3) is 5.91 Å². The summed E-state index contributed by atoms with van der Waals surface area (Å²) >= 11 is 0. The molecule has 2 aromatic rings. The summed E-state index contributed by atoms with van der Waals surface area (Å²) in [4.78, 5) is 38.4. The van der Waals surface area contributed by atoms with Gasteiger partial charge in [-0.05, 0) is 91.1 Å². The fourth-order valence-corrected chi connectivity index (χ4v) is 6.05. The van der Waals surface area contributed by atoms with Crippen molar-refractivity contribution in [3.63, 3.8) is 0 Å². The molecule has 2 fully saturated rings. The maximum Gasteiger partial charge on any atom is 0.419 e. The van der Waals surface area contributed by atoms with Crippen molar-refractivity contribution in [2.24, 2.45) is 11.8 Å². The molecule has 2 heterocycles. The molecule has 1 aromatic carbocycles. The van der Waals surface area contributed by atoms with E-state index in [4.69, 9.17) is 4.74 Å². The van der Waals surface area contributed by atoms with Gasteiger partial charge in [-0.15, -0.1) is 0 Å². The zero-order chi connectivity index (χ0) is 31.3. The van der Waals surface area contributed by atoms with Crippen LogP contribution in [0.1, 0.15) is 74.5 Å². The highest BCUT2D eigenvalue weighted by molar-refractivity contribution is 5.97. The Hall–Kier alpha value is -3.41. The number of carbonyl (C=O) groups excluding carboxylic acids is 2. The average molecular weight is 605 g/mol. The van der Waals surface area contributed by atoms with Crippen molar-refractivity contribution < 1.29 is 27.5 Å². The van der Waals surface area contributed by atoms with Crippen molar-refractivity contribution in [1.82, 2.24) is 25.1 Å². The van der Waals surface area contributed by atoms with Gasteiger partial charge in [-0.2, -0.15) is 13.2 Å².